The van der Waals surface area contributed by atoms with Gasteiger partial charge in [0.15, 0.2) is 5.96 Å². The number of rotatable bonds is 7. The van der Waals surface area contributed by atoms with Gasteiger partial charge in [-0.2, -0.15) is 11.8 Å². The SMILES string of the molecule is CCNC(=NCC1CCCS1)NCCNC(=O)c1cccc(C)c1.I. The van der Waals surface area contributed by atoms with Gasteiger partial charge in [-0.15, -0.1) is 24.0 Å². The largest absolute Gasteiger partial charge is 0.357 e. The Morgan fingerprint density at radius 2 is 2.08 bits per heavy atom. The maximum Gasteiger partial charge on any atom is 0.251 e. The number of aryl methyl sites for hydroxylation is 1. The van der Waals surface area contributed by atoms with Crippen molar-refractivity contribution in [1.29, 1.82) is 0 Å². The molecule has 0 aliphatic carbocycles. The number of thioether (sulfide) groups is 1. The molecular weight excluding hydrogens is 447 g/mol. The number of nitrogens with zero attached hydrogens (tertiary/aromatic N) is 1. The Hall–Kier alpha value is -0.960. The number of carbonyl (C=O) groups excluding carboxylic acids is 1. The van der Waals surface area contributed by atoms with E-state index >= 15 is 0 Å². The average Bonchev–Trinajstić information content (AvgIpc) is 3.09. The summed E-state index contributed by atoms with van der Waals surface area (Å²) in [4.78, 5) is 16.7. The Labute approximate surface area is 172 Å². The van der Waals surface area contributed by atoms with E-state index in [1.54, 1.807) is 0 Å². The third-order valence-electron chi connectivity index (χ3n) is 3.80. The Morgan fingerprint density at radius 3 is 2.76 bits per heavy atom. The van der Waals surface area contributed by atoms with Gasteiger partial charge in [-0.1, -0.05) is 17.7 Å². The third-order valence-corrected chi connectivity index (χ3v) is 5.19. The van der Waals surface area contributed by atoms with Crippen LogP contribution >= 0.6 is 35.7 Å². The number of carbonyl (C=O) groups is 1. The van der Waals surface area contributed by atoms with E-state index in [0.717, 1.165) is 24.6 Å². The predicted molar refractivity (Wildman–Crippen MR) is 118 cm³/mol. The van der Waals surface area contributed by atoms with Gasteiger partial charge < -0.3 is 16.0 Å². The first-order valence-corrected chi connectivity index (χ1v) is 9.72. The third kappa shape index (κ3) is 8.31. The maximum absolute atomic E-state index is 12.1. The van der Waals surface area contributed by atoms with Crippen molar-refractivity contribution in [3.63, 3.8) is 0 Å². The molecule has 1 atom stereocenters. The van der Waals surface area contributed by atoms with Crippen LogP contribution in [0.15, 0.2) is 29.3 Å². The minimum absolute atomic E-state index is 0. The summed E-state index contributed by atoms with van der Waals surface area (Å²) in [5.41, 5.74) is 1.79. The zero-order valence-electron chi connectivity index (χ0n) is 15.0. The summed E-state index contributed by atoms with van der Waals surface area (Å²) >= 11 is 2.01. The van der Waals surface area contributed by atoms with Crippen LogP contribution in [0.5, 0.6) is 0 Å². The van der Waals surface area contributed by atoms with Crippen LogP contribution in [0.25, 0.3) is 0 Å². The van der Waals surface area contributed by atoms with Crippen LogP contribution in [-0.2, 0) is 0 Å². The van der Waals surface area contributed by atoms with Crippen LogP contribution in [0, 0.1) is 6.92 Å². The molecule has 2 rings (SSSR count). The molecule has 0 spiro atoms. The van der Waals surface area contributed by atoms with E-state index in [4.69, 9.17) is 0 Å². The summed E-state index contributed by atoms with van der Waals surface area (Å²) in [5, 5.41) is 10.1. The van der Waals surface area contributed by atoms with Crippen molar-refractivity contribution >= 4 is 47.6 Å². The standard InChI is InChI=1S/C18H28N4OS.HI/c1-3-19-18(22-13-16-8-5-11-24-16)21-10-9-20-17(23)15-7-4-6-14(2)12-15;/h4,6-7,12,16H,3,5,8-11,13H2,1-2H3,(H,20,23)(H2,19,21,22);1H. The summed E-state index contributed by atoms with van der Waals surface area (Å²) < 4.78 is 0. The van der Waals surface area contributed by atoms with E-state index in [-0.39, 0.29) is 29.9 Å². The number of amides is 1. The molecule has 1 aliphatic heterocycles. The fraction of sp³-hybridized carbons (Fsp3) is 0.556. The second-order valence-corrected chi connectivity index (χ2v) is 7.32. The van der Waals surface area contributed by atoms with Crippen LogP contribution in [0.2, 0.25) is 0 Å². The highest BCUT2D eigenvalue weighted by molar-refractivity contribution is 14.0. The van der Waals surface area contributed by atoms with Crippen molar-refractivity contribution in [2.45, 2.75) is 31.9 Å². The first-order valence-electron chi connectivity index (χ1n) is 8.67. The van der Waals surface area contributed by atoms with Gasteiger partial charge in [0.05, 0.1) is 6.54 Å². The van der Waals surface area contributed by atoms with Crippen molar-refractivity contribution < 1.29 is 4.79 Å². The van der Waals surface area contributed by atoms with E-state index in [9.17, 15) is 4.79 Å². The summed E-state index contributed by atoms with van der Waals surface area (Å²) in [6.07, 6.45) is 2.57. The smallest absolute Gasteiger partial charge is 0.251 e. The average molecular weight is 476 g/mol. The normalized spacial score (nSPS) is 16.9. The summed E-state index contributed by atoms with van der Waals surface area (Å²) in [6, 6.07) is 7.62. The van der Waals surface area contributed by atoms with Gasteiger partial charge in [-0.25, -0.2) is 0 Å². The lowest BCUT2D eigenvalue weighted by Crippen LogP contribution is -2.41. The number of hydrogen-bond acceptors (Lipinski definition) is 3. The van der Waals surface area contributed by atoms with E-state index in [0.29, 0.717) is 23.9 Å². The zero-order valence-corrected chi connectivity index (χ0v) is 18.2. The molecule has 1 aromatic rings. The Bertz CT molecular complexity index is 562. The molecule has 140 valence electrons. The van der Waals surface area contributed by atoms with Crippen LogP contribution in [0.3, 0.4) is 0 Å². The molecule has 0 aromatic heterocycles. The zero-order chi connectivity index (χ0) is 17.2. The van der Waals surface area contributed by atoms with Crippen molar-refractivity contribution in [3.05, 3.63) is 35.4 Å². The highest BCUT2D eigenvalue weighted by atomic mass is 127. The van der Waals surface area contributed by atoms with Crippen LogP contribution in [0.4, 0.5) is 0 Å². The number of halogens is 1. The molecule has 25 heavy (non-hydrogen) atoms. The first kappa shape index (κ1) is 22.1. The van der Waals surface area contributed by atoms with Gasteiger partial charge in [0.25, 0.3) is 5.91 Å². The Kier molecular flexibility index (Phi) is 11.0. The molecule has 1 amide bonds. The van der Waals surface area contributed by atoms with E-state index in [1.807, 2.05) is 43.0 Å². The fourth-order valence-electron chi connectivity index (χ4n) is 2.57. The Balaban J connectivity index is 0.00000312. The van der Waals surface area contributed by atoms with E-state index in [2.05, 4.69) is 27.9 Å². The second-order valence-electron chi connectivity index (χ2n) is 5.91. The van der Waals surface area contributed by atoms with Gasteiger partial charge in [-0.3, -0.25) is 9.79 Å². The number of hydrogen-bond donors (Lipinski definition) is 3. The number of nitrogens with one attached hydrogen (secondary N) is 3. The number of aliphatic imine (C=N–C) groups is 1. The second kappa shape index (κ2) is 12.4. The van der Waals surface area contributed by atoms with Gasteiger partial charge in [0.1, 0.15) is 0 Å². The first-order chi connectivity index (χ1) is 11.7. The molecule has 1 fully saturated rings. The van der Waals surface area contributed by atoms with E-state index < -0.39 is 0 Å². The quantitative estimate of drug-likeness (QED) is 0.245. The van der Waals surface area contributed by atoms with Gasteiger partial charge in [0.2, 0.25) is 0 Å². The topological polar surface area (TPSA) is 65.5 Å². The van der Waals surface area contributed by atoms with E-state index in [1.165, 1.54) is 18.6 Å². The van der Waals surface area contributed by atoms with Crippen molar-refractivity contribution in [2.24, 2.45) is 4.99 Å². The summed E-state index contributed by atoms with van der Waals surface area (Å²) in [6.45, 7) is 6.95. The molecule has 1 aliphatic rings. The minimum Gasteiger partial charge on any atom is -0.357 e. The van der Waals surface area contributed by atoms with Crippen molar-refractivity contribution in [3.8, 4) is 0 Å². The molecule has 1 unspecified atom stereocenters. The fourth-order valence-corrected chi connectivity index (χ4v) is 3.75. The molecule has 0 saturated carbocycles. The van der Waals surface area contributed by atoms with Crippen molar-refractivity contribution in [1.82, 2.24) is 16.0 Å². The number of guanidine groups is 1. The molecular formula is C18H29IN4OS. The lowest BCUT2D eigenvalue weighted by atomic mass is 10.1. The minimum atomic E-state index is -0.0372. The lowest BCUT2D eigenvalue weighted by Gasteiger charge is -2.13. The van der Waals surface area contributed by atoms with Crippen molar-refractivity contribution in [2.75, 3.05) is 31.9 Å². The summed E-state index contributed by atoms with van der Waals surface area (Å²) in [5.74, 6) is 2.05. The van der Waals surface area contributed by atoms with Gasteiger partial charge >= 0.3 is 0 Å². The van der Waals surface area contributed by atoms with Crippen LogP contribution < -0.4 is 16.0 Å². The van der Waals surface area contributed by atoms with Gasteiger partial charge in [0, 0.05) is 30.4 Å². The molecule has 7 heteroatoms. The molecule has 5 nitrogen and oxygen atoms in total. The molecule has 3 N–H and O–H groups in total. The maximum atomic E-state index is 12.1. The van der Waals surface area contributed by atoms with Crippen LogP contribution in [0.1, 0.15) is 35.7 Å². The van der Waals surface area contributed by atoms with Crippen LogP contribution in [-0.4, -0.2) is 49.0 Å². The molecule has 1 saturated heterocycles. The van der Waals surface area contributed by atoms with Gasteiger partial charge in [-0.05, 0) is 44.6 Å². The summed E-state index contributed by atoms with van der Waals surface area (Å²) in [7, 11) is 0. The lowest BCUT2D eigenvalue weighted by molar-refractivity contribution is 0.0954. The highest BCUT2D eigenvalue weighted by Crippen LogP contribution is 2.25. The molecule has 0 radical (unpaired) electrons. The number of benzene rings is 1. The Morgan fingerprint density at radius 1 is 1.28 bits per heavy atom. The highest BCUT2D eigenvalue weighted by Gasteiger charge is 2.14. The molecule has 1 aromatic carbocycles. The molecule has 1 heterocycles. The predicted octanol–water partition coefficient (Wildman–Crippen LogP) is 2.79. The monoisotopic (exact) mass is 476 g/mol. The molecule has 0 bridgehead atoms.